The van der Waals surface area contributed by atoms with E-state index in [2.05, 4.69) is 15.8 Å². The highest BCUT2D eigenvalue weighted by atomic mass is 16.7. The van der Waals surface area contributed by atoms with Gasteiger partial charge in [-0.15, -0.1) is 0 Å². The number of nitrogens with zero attached hydrogens (tertiary/aromatic N) is 2. The predicted molar refractivity (Wildman–Crippen MR) is 108 cm³/mol. The van der Waals surface area contributed by atoms with Gasteiger partial charge < -0.3 is 19.2 Å². The first-order valence-electron chi connectivity index (χ1n) is 8.89. The van der Waals surface area contributed by atoms with E-state index in [0.29, 0.717) is 34.3 Å². The van der Waals surface area contributed by atoms with Gasteiger partial charge in [-0.05, 0) is 30.3 Å². The predicted octanol–water partition coefficient (Wildman–Crippen LogP) is 3.15. The third kappa shape index (κ3) is 4.22. The van der Waals surface area contributed by atoms with Crippen molar-refractivity contribution in [3.63, 3.8) is 0 Å². The molecule has 0 radical (unpaired) electrons. The molecule has 152 valence electrons. The number of hydrogen-bond acceptors (Lipinski definition) is 8. The highest BCUT2D eigenvalue weighted by molar-refractivity contribution is 5.83. The molecule has 0 fully saturated rings. The fraction of sp³-hybridized carbons (Fsp3) is 0.100. The van der Waals surface area contributed by atoms with Crippen molar-refractivity contribution in [1.29, 1.82) is 0 Å². The molecule has 0 unspecified atom stereocenters. The van der Waals surface area contributed by atoms with E-state index in [4.69, 9.17) is 13.9 Å². The summed E-state index contributed by atoms with van der Waals surface area (Å²) in [6.45, 7) is 0.177. The first kappa shape index (κ1) is 19.0. The molecule has 1 aromatic heterocycles. The average Bonchev–Trinajstić information content (AvgIpc) is 3.41. The number of nitro benzene ring substituents is 1. The van der Waals surface area contributed by atoms with E-state index in [1.54, 1.807) is 48.5 Å². The average molecular weight is 408 g/mol. The Labute approximate surface area is 170 Å². The van der Waals surface area contributed by atoms with E-state index in [0.717, 1.165) is 0 Å². The third-order valence-electron chi connectivity index (χ3n) is 4.20. The Bertz CT molecular complexity index is 1120. The van der Waals surface area contributed by atoms with Crippen molar-refractivity contribution in [2.24, 2.45) is 5.10 Å². The number of para-hydroxylation sites is 1. The molecule has 0 atom stereocenters. The molecule has 0 saturated heterocycles. The Morgan fingerprint density at radius 3 is 2.83 bits per heavy atom. The zero-order valence-electron chi connectivity index (χ0n) is 15.5. The minimum absolute atomic E-state index is 0.00337. The number of rotatable bonds is 7. The Kier molecular flexibility index (Phi) is 5.29. The maximum atomic E-state index is 11.9. The van der Waals surface area contributed by atoms with Crippen LogP contribution in [0.2, 0.25) is 0 Å². The van der Waals surface area contributed by atoms with Crippen molar-refractivity contribution in [1.82, 2.24) is 5.43 Å². The number of anilines is 1. The van der Waals surface area contributed by atoms with Crippen molar-refractivity contribution < 1.29 is 23.6 Å². The van der Waals surface area contributed by atoms with Crippen LogP contribution in [0.3, 0.4) is 0 Å². The summed E-state index contributed by atoms with van der Waals surface area (Å²) >= 11 is 0. The number of ether oxygens (including phenoxy) is 2. The summed E-state index contributed by atoms with van der Waals surface area (Å²) in [5.74, 6) is 1.58. The van der Waals surface area contributed by atoms with Gasteiger partial charge in [0.2, 0.25) is 6.79 Å². The smallest absolute Gasteiger partial charge is 0.280 e. The van der Waals surface area contributed by atoms with Gasteiger partial charge in [0.25, 0.3) is 11.6 Å². The van der Waals surface area contributed by atoms with Crippen LogP contribution in [0.4, 0.5) is 11.4 Å². The molecule has 1 amide bonds. The number of nitro groups is 1. The van der Waals surface area contributed by atoms with Gasteiger partial charge >= 0.3 is 0 Å². The minimum atomic E-state index is -0.473. The van der Waals surface area contributed by atoms with Gasteiger partial charge in [0, 0.05) is 17.8 Å². The normalized spacial score (nSPS) is 12.1. The Morgan fingerprint density at radius 2 is 1.97 bits per heavy atom. The lowest BCUT2D eigenvalue weighted by atomic mass is 10.1. The van der Waals surface area contributed by atoms with Crippen molar-refractivity contribution in [2.45, 2.75) is 0 Å². The maximum Gasteiger partial charge on any atom is 0.280 e. The van der Waals surface area contributed by atoms with Gasteiger partial charge in [0.15, 0.2) is 11.5 Å². The fourth-order valence-corrected chi connectivity index (χ4v) is 2.80. The molecule has 1 aliphatic heterocycles. The van der Waals surface area contributed by atoms with E-state index in [1.165, 1.54) is 12.3 Å². The molecule has 2 heterocycles. The quantitative estimate of drug-likeness (QED) is 0.349. The van der Waals surface area contributed by atoms with E-state index < -0.39 is 4.92 Å². The van der Waals surface area contributed by atoms with E-state index in [-0.39, 0.29) is 24.9 Å². The summed E-state index contributed by atoms with van der Waals surface area (Å²) in [7, 11) is 0. The van der Waals surface area contributed by atoms with Crippen LogP contribution in [0.25, 0.3) is 11.3 Å². The minimum Gasteiger partial charge on any atom is -0.455 e. The summed E-state index contributed by atoms with van der Waals surface area (Å²) in [5, 5.41) is 17.9. The zero-order valence-corrected chi connectivity index (χ0v) is 15.5. The van der Waals surface area contributed by atoms with Crippen molar-refractivity contribution >= 4 is 23.5 Å². The molecular weight excluding hydrogens is 392 g/mol. The summed E-state index contributed by atoms with van der Waals surface area (Å²) in [6, 6.07) is 14.8. The Hall–Kier alpha value is -4.34. The van der Waals surface area contributed by atoms with Crippen molar-refractivity contribution in [3.8, 4) is 22.8 Å². The second-order valence-corrected chi connectivity index (χ2v) is 6.19. The molecule has 0 aliphatic carbocycles. The van der Waals surface area contributed by atoms with Crippen LogP contribution in [-0.2, 0) is 4.79 Å². The van der Waals surface area contributed by atoms with E-state index >= 15 is 0 Å². The summed E-state index contributed by atoms with van der Waals surface area (Å²) in [5.41, 5.74) is 3.39. The number of hydrazone groups is 1. The number of carbonyl (C=O) groups excluding carboxylic acids is 1. The molecule has 3 aromatic rings. The van der Waals surface area contributed by atoms with Crippen LogP contribution in [-0.4, -0.2) is 30.4 Å². The molecule has 2 aromatic carbocycles. The van der Waals surface area contributed by atoms with Gasteiger partial charge in [0.1, 0.15) is 11.5 Å². The SMILES string of the molecule is O=C(CNc1ccc2c(c1)OCO2)N/N=C/c1ccc(-c2ccccc2[N+](=O)[O-])o1. The summed E-state index contributed by atoms with van der Waals surface area (Å²) < 4.78 is 16.1. The second-order valence-electron chi connectivity index (χ2n) is 6.19. The molecule has 4 rings (SSSR count). The van der Waals surface area contributed by atoms with Gasteiger partial charge in [-0.2, -0.15) is 5.10 Å². The van der Waals surface area contributed by atoms with Gasteiger partial charge in [-0.3, -0.25) is 14.9 Å². The molecule has 0 bridgehead atoms. The Morgan fingerprint density at radius 1 is 1.13 bits per heavy atom. The lowest BCUT2D eigenvalue weighted by molar-refractivity contribution is -0.384. The second kappa shape index (κ2) is 8.35. The number of fused-ring (bicyclic) bond motifs is 1. The molecule has 0 saturated carbocycles. The molecule has 1 aliphatic rings. The van der Waals surface area contributed by atoms with Crippen LogP contribution in [0, 0.1) is 10.1 Å². The number of furan rings is 1. The topological polar surface area (TPSA) is 128 Å². The van der Waals surface area contributed by atoms with E-state index in [9.17, 15) is 14.9 Å². The zero-order chi connectivity index (χ0) is 20.9. The van der Waals surface area contributed by atoms with Crippen LogP contribution >= 0.6 is 0 Å². The van der Waals surface area contributed by atoms with Gasteiger partial charge in [-0.1, -0.05) is 12.1 Å². The first-order chi connectivity index (χ1) is 14.6. The number of hydrogen-bond donors (Lipinski definition) is 2. The number of carbonyl (C=O) groups is 1. The lowest BCUT2D eigenvalue weighted by Crippen LogP contribution is -2.25. The van der Waals surface area contributed by atoms with E-state index in [1.807, 2.05) is 0 Å². The van der Waals surface area contributed by atoms with Crippen LogP contribution < -0.4 is 20.2 Å². The van der Waals surface area contributed by atoms with Crippen LogP contribution in [0.5, 0.6) is 11.5 Å². The van der Waals surface area contributed by atoms with Crippen LogP contribution in [0.1, 0.15) is 5.76 Å². The fourth-order valence-electron chi connectivity index (χ4n) is 2.80. The third-order valence-corrected chi connectivity index (χ3v) is 4.20. The number of nitrogens with one attached hydrogen (secondary N) is 2. The Balaban J connectivity index is 1.32. The largest absolute Gasteiger partial charge is 0.455 e. The molecule has 10 nitrogen and oxygen atoms in total. The summed E-state index contributed by atoms with van der Waals surface area (Å²) in [4.78, 5) is 22.6. The standard InChI is InChI=1S/C20H16N4O6/c25-20(11-21-13-5-7-18-19(9-13)29-12-28-18)23-22-10-14-6-8-17(30-14)15-3-1-2-4-16(15)24(26)27/h1-10,21H,11-12H2,(H,23,25)/b22-10+. The molecule has 30 heavy (non-hydrogen) atoms. The monoisotopic (exact) mass is 408 g/mol. The van der Waals surface area contributed by atoms with Crippen molar-refractivity contribution in [3.05, 3.63) is 70.5 Å². The molecule has 10 heteroatoms. The van der Waals surface area contributed by atoms with Gasteiger partial charge in [0.05, 0.1) is 23.2 Å². The van der Waals surface area contributed by atoms with Crippen molar-refractivity contribution in [2.75, 3.05) is 18.7 Å². The molecule has 2 N–H and O–H groups in total. The van der Waals surface area contributed by atoms with Crippen LogP contribution in [0.15, 0.2) is 64.1 Å². The maximum absolute atomic E-state index is 11.9. The number of amides is 1. The first-order valence-corrected chi connectivity index (χ1v) is 8.89. The highest BCUT2D eigenvalue weighted by Crippen LogP contribution is 2.34. The summed E-state index contributed by atoms with van der Waals surface area (Å²) in [6.07, 6.45) is 1.32. The molecule has 0 spiro atoms. The number of benzene rings is 2. The van der Waals surface area contributed by atoms with Gasteiger partial charge in [-0.25, -0.2) is 5.43 Å². The highest BCUT2D eigenvalue weighted by Gasteiger charge is 2.17. The lowest BCUT2D eigenvalue weighted by Gasteiger charge is -2.06. The molecular formula is C20H16N4O6.